The van der Waals surface area contributed by atoms with E-state index in [1.807, 2.05) is 0 Å². The molecule has 2 rings (SSSR count). The van der Waals surface area contributed by atoms with E-state index in [2.05, 4.69) is 4.98 Å². The number of hydrogen-bond donors (Lipinski definition) is 0. The van der Waals surface area contributed by atoms with Crippen LogP contribution in [0.4, 0.5) is 4.39 Å². The number of pyridine rings is 1. The summed E-state index contributed by atoms with van der Waals surface area (Å²) in [6.07, 6.45) is 1.39. The van der Waals surface area contributed by atoms with Gasteiger partial charge in [0.1, 0.15) is 0 Å². The van der Waals surface area contributed by atoms with E-state index >= 15 is 0 Å². The molecule has 1 saturated heterocycles. The van der Waals surface area contributed by atoms with Crippen molar-refractivity contribution < 1.29 is 21.2 Å². The van der Waals surface area contributed by atoms with Crippen LogP contribution in [-0.4, -0.2) is 50.7 Å². The standard InChI is InChI=1S/C10H13FN2O4S2/c1-13(8-4-6-18(14,15)7-8)19(16,17)10-9(11)3-2-5-12-10/h2-3,5,8H,4,6-7H2,1H3. The van der Waals surface area contributed by atoms with E-state index in [9.17, 15) is 21.2 Å². The van der Waals surface area contributed by atoms with Crippen molar-refractivity contribution in [3.05, 3.63) is 24.1 Å². The number of nitrogens with zero attached hydrogens (tertiary/aromatic N) is 2. The average Bonchev–Trinajstić information content (AvgIpc) is 2.69. The molecular weight excluding hydrogens is 295 g/mol. The maximum atomic E-state index is 13.5. The first-order valence-electron chi connectivity index (χ1n) is 5.53. The topological polar surface area (TPSA) is 84.4 Å². The lowest BCUT2D eigenvalue weighted by Gasteiger charge is -2.22. The molecule has 1 fully saturated rings. The third kappa shape index (κ3) is 2.77. The molecule has 6 nitrogen and oxygen atoms in total. The minimum absolute atomic E-state index is 0.0533. The van der Waals surface area contributed by atoms with Gasteiger partial charge in [-0.25, -0.2) is 26.2 Å². The predicted molar refractivity (Wildman–Crippen MR) is 66.2 cm³/mol. The lowest BCUT2D eigenvalue weighted by atomic mass is 10.3. The molecule has 19 heavy (non-hydrogen) atoms. The lowest BCUT2D eigenvalue weighted by Crippen LogP contribution is -2.38. The number of halogens is 1. The Morgan fingerprint density at radius 1 is 1.47 bits per heavy atom. The summed E-state index contributed by atoms with van der Waals surface area (Å²) in [6.45, 7) is 0. The summed E-state index contributed by atoms with van der Waals surface area (Å²) < 4.78 is 61.5. The lowest BCUT2D eigenvalue weighted by molar-refractivity contribution is 0.388. The van der Waals surface area contributed by atoms with E-state index in [0.717, 1.165) is 10.4 Å². The third-order valence-electron chi connectivity index (χ3n) is 3.07. The zero-order valence-corrected chi connectivity index (χ0v) is 11.8. The van der Waals surface area contributed by atoms with E-state index in [0.29, 0.717) is 0 Å². The van der Waals surface area contributed by atoms with Crippen LogP contribution in [0.15, 0.2) is 23.4 Å². The Morgan fingerprint density at radius 3 is 2.68 bits per heavy atom. The SMILES string of the molecule is CN(C1CCS(=O)(=O)C1)S(=O)(=O)c1ncccc1F. The van der Waals surface area contributed by atoms with E-state index in [4.69, 9.17) is 0 Å². The second-order valence-electron chi connectivity index (χ2n) is 4.37. The van der Waals surface area contributed by atoms with Crippen molar-refractivity contribution in [1.82, 2.24) is 9.29 Å². The number of sulfone groups is 1. The molecule has 0 N–H and O–H groups in total. The minimum atomic E-state index is -4.12. The maximum Gasteiger partial charge on any atom is 0.263 e. The highest BCUT2D eigenvalue weighted by molar-refractivity contribution is 7.92. The molecular formula is C10H13FN2O4S2. The fraction of sp³-hybridized carbons (Fsp3) is 0.500. The Labute approximate surface area is 111 Å². The van der Waals surface area contributed by atoms with Gasteiger partial charge in [-0.2, -0.15) is 4.31 Å². The predicted octanol–water partition coefficient (Wildman–Crippen LogP) is 0.0283. The smallest absolute Gasteiger partial charge is 0.241 e. The van der Waals surface area contributed by atoms with Gasteiger partial charge in [-0.15, -0.1) is 0 Å². The highest BCUT2D eigenvalue weighted by atomic mass is 32.2. The van der Waals surface area contributed by atoms with Gasteiger partial charge in [0.25, 0.3) is 10.0 Å². The number of aromatic nitrogens is 1. The third-order valence-corrected chi connectivity index (χ3v) is 6.67. The van der Waals surface area contributed by atoms with E-state index < -0.39 is 36.7 Å². The van der Waals surface area contributed by atoms with Crippen LogP contribution in [0, 0.1) is 5.82 Å². The van der Waals surface area contributed by atoms with Crippen molar-refractivity contribution in [1.29, 1.82) is 0 Å². The van der Waals surface area contributed by atoms with Crippen LogP contribution in [0.25, 0.3) is 0 Å². The molecule has 2 heterocycles. The van der Waals surface area contributed by atoms with Gasteiger partial charge in [0.15, 0.2) is 15.7 Å². The second kappa shape index (κ2) is 4.80. The average molecular weight is 308 g/mol. The molecule has 0 saturated carbocycles. The van der Waals surface area contributed by atoms with Crippen molar-refractivity contribution in [2.75, 3.05) is 18.6 Å². The first kappa shape index (κ1) is 14.4. The fourth-order valence-corrected chi connectivity index (χ4v) is 5.18. The van der Waals surface area contributed by atoms with E-state index in [1.165, 1.54) is 19.3 Å². The molecule has 0 aromatic carbocycles. The quantitative estimate of drug-likeness (QED) is 0.786. The summed E-state index contributed by atoms with van der Waals surface area (Å²) in [5.41, 5.74) is 0. The monoisotopic (exact) mass is 308 g/mol. The summed E-state index contributed by atoms with van der Waals surface area (Å²) in [5.74, 6) is -1.24. The van der Waals surface area contributed by atoms with Crippen LogP contribution in [-0.2, 0) is 19.9 Å². The summed E-state index contributed by atoms with van der Waals surface area (Å²) in [6, 6.07) is 1.62. The molecule has 1 unspecified atom stereocenters. The van der Waals surface area contributed by atoms with E-state index in [-0.39, 0.29) is 17.9 Å². The zero-order chi connectivity index (χ0) is 14.3. The summed E-state index contributed by atoms with van der Waals surface area (Å²) in [7, 11) is -6.09. The first-order chi connectivity index (χ1) is 8.74. The molecule has 0 aliphatic carbocycles. The summed E-state index contributed by atoms with van der Waals surface area (Å²) >= 11 is 0. The minimum Gasteiger partial charge on any atom is -0.241 e. The maximum absolute atomic E-state index is 13.5. The highest BCUT2D eigenvalue weighted by Crippen LogP contribution is 2.23. The van der Waals surface area contributed by atoms with Crippen LogP contribution in [0.5, 0.6) is 0 Å². The summed E-state index contributed by atoms with van der Waals surface area (Å²) in [4.78, 5) is 3.52. The largest absolute Gasteiger partial charge is 0.263 e. The number of hydrogen-bond acceptors (Lipinski definition) is 5. The van der Waals surface area contributed by atoms with Gasteiger partial charge in [0.2, 0.25) is 5.03 Å². The van der Waals surface area contributed by atoms with Gasteiger partial charge in [-0.1, -0.05) is 0 Å². The van der Waals surface area contributed by atoms with Crippen LogP contribution in [0.3, 0.4) is 0 Å². The van der Waals surface area contributed by atoms with Crippen LogP contribution >= 0.6 is 0 Å². The Balaban J connectivity index is 2.34. The van der Waals surface area contributed by atoms with Gasteiger partial charge < -0.3 is 0 Å². The van der Waals surface area contributed by atoms with Crippen molar-refractivity contribution >= 4 is 19.9 Å². The number of rotatable bonds is 3. The van der Waals surface area contributed by atoms with Crippen LogP contribution in [0.1, 0.15) is 6.42 Å². The molecule has 1 aliphatic heterocycles. The molecule has 0 amide bonds. The van der Waals surface area contributed by atoms with Crippen molar-refractivity contribution in [2.24, 2.45) is 0 Å². The zero-order valence-electron chi connectivity index (χ0n) is 10.2. The molecule has 9 heteroatoms. The van der Waals surface area contributed by atoms with Gasteiger partial charge in [0.05, 0.1) is 11.5 Å². The van der Waals surface area contributed by atoms with Crippen molar-refractivity contribution in [3.63, 3.8) is 0 Å². The molecule has 0 spiro atoms. The van der Waals surface area contributed by atoms with E-state index in [1.54, 1.807) is 0 Å². The Hall–Kier alpha value is -1.06. The molecule has 1 aromatic heterocycles. The van der Waals surface area contributed by atoms with Crippen LogP contribution < -0.4 is 0 Å². The number of sulfonamides is 1. The van der Waals surface area contributed by atoms with Gasteiger partial charge in [-0.3, -0.25) is 0 Å². The molecule has 1 aliphatic rings. The normalized spacial score (nSPS) is 22.8. The van der Waals surface area contributed by atoms with Gasteiger partial charge in [0, 0.05) is 19.3 Å². The molecule has 1 atom stereocenters. The highest BCUT2D eigenvalue weighted by Gasteiger charge is 2.37. The molecule has 0 bridgehead atoms. The van der Waals surface area contributed by atoms with Gasteiger partial charge in [-0.05, 0) is 18.6 Å². The fourth-order valence-electron chi connectivity index (χ4n) is 1.96. The Morgan fingerprint density at radius 2 is 2.16 bits per heavy atom. The molecule has 1 aromatic rings. The first-order valence-corrected chi connectivity index (χ1v) is 8.79. The Kier molecular flexibility index (Phi) is 3.63. The van der Waals surface area contributed by atoms with Crippen LogP contribution in [0.2, 0.25) is 0 Å². The molecule has 0 radical (unpaired) electrons. The molecule has 106 valence electrons. The van der Waals surface area contributed by atoms with Gasteiger partial charge >= 0.3 is 0 Å². The second-order valence-corrected chi connectivity index (χ2v) is 8.51. The Bertz CT molecular complexity index is 687. The van der Waals surface area contributed by atoms with Crippen molar-refractivity contribution in [2.45, 2.75) is 17.5 Å². The van der Waals surface area contributed by atoms with Crippen molar-refractivity contribution in [3.8, 4) is 0 Å². The summed E-state index contributed by atoms with van der Waals surface area (Å²) in [5, 5.41) is -0.679.